The summed E-state index contributed by atoms with van der Waals surface area (Å²) in [6.45, 7) is 6.41. The minimum Gasteiger partial charge on any atom is -0.391 e. The number of nitrogens with zero attached hydrogens (tertiary/aromatic N) is 4. The second kappa shape index (κ2) is 4.29. The molecule has 0 bridgehead atoms. The Morgan fingerprint density at radius 1 is 1.47 bits per heavy atom. The number of rotatable bonds is 3. The van der Waals surface area contributed by atoms with E-state index in [4.69, 9.17) is 0 Å². The van der Waals surface area contributed by atoms with E-state index in [-0.39, 0.29) is 5.41 Å². The van der Waals surface area contributed by atoms with Crippen molar-refractivity contribution in [3.63, 3.8) is 0 Å². The molecule has 92 valence electrons. The molecule has 2 N–H and O–H groups in total. The van der Waals surface area contributed by atoms with Gasteiger partial charge in [0.15, 0.2) is 5.82 Å². The molecule has 6 nitrogen and oxygen atoms in total. The Labute approximate surface area is 99.7 Å². The van der Waals surface area contributed by atoms with Crippen molar-refractivity contribution in [3.8, 4) is 0 Å². The standard InChI is InChI=1S/C11H17N5O/c1-11(2,3)8(17)6-13-9-10-15-14-7-16(10)5-4-12-9/h4-5,7-8,17H,6H2,1-3H3,(H,12,13)/t8-/m0/s1. The number of aliphatic hydroxyl groups excluding tert-OH is 1. The summed E-state index contributed by atoms with van der Waals surface area (Å²) in [5.74, 6) is 0.633. The van der Waals surface area contributed by atoms with Crippen molar-refractivity contribution in [3.05, 3.63) is 18.7 Å². The Morgan fingerprint density at radius 2 is 2.24 bits per heavy atom. The normalized spacial score (nSPS) is 13.9. The van der Waals surface area contributed by atoms with E-state index < -0.39 is 6.10 Å². The molecule has 2 aromatic heterocycles. The van der Waals surface area contributed by atoms with Crippen molar-refractivity contribution in [2.24, 2.45) is 5.41 Å². The van der Waals surface area contributed by atoms with Gasteiger partial charge in [0.1, 0.15) is 6.33 Å². The van der Waals surface area contributed by atoms with E-state index in [1.807, 2.05) is 20.8 Å². The van der Waals surface area contributed by atoms with E-state index >= 15 is 0 Å². The van der Waals surface area contributed by atoms with Gasteiger partial charge in [0.25, 0.3) is 0 Å². The predicted molar refractivity (Wildman–Crippen MR) is 64.7 cm³/mol. The fourth-order valence-electron chi connectivity index (χ4n) is 1.38. The SMILES string of the molecule is CC(C)(C)[C@@H](O)CNc1nccn2cnnc12. The molecule has 0 spiro atoms. The van der Waals surface area contributed by atoms with E-state index in [1.54, 1.807) is 23.1 Å². The Morgan fingerprint density at radius 3 is 2.94 bits per heavy atom. The van der Waals surface area contributed by atoms with Crippen LogP contribution in [0.1, 0.15) is 20.8 Å². The second-order valence-corrected chi connectivity index (χ2v) is 5.10. The van der Waals surface area contributed by atoms with Gasteiger partial charge in [-0.2, -0.15) is 0 Å². The van der Waals surface area contributed by atoms with Gasteiger partial charge in [-0.3, -0.25) is 4.40 Å². The Hall–Kier alpha value is -1.69. The van der Waals surface area contributed by atoms with Gasteiger partial charge in [0, 0.05) is 18.9 Å². The van der Waals surface area contributed by atoms with Gasteiger partial charge in [0.05, 0.1) is 6.10 Å². The summed E-state index contributed by atoms with van der Waals surface area (Å²) >= 11 is 0. The summed E-state index contributed by atoms with van der Waals surface area (Å²) in [6, 6.07) is 0. The third-order valence-corrected chi connectivity index (χ3v) is 2.68. The Bertz CT molecular complexity index is 502. The first-order valence-corrected chi connectivity index (χ1v) is 5.55. The molecule has 0 saturated carbocycles. The Balaban J connectivity index is 2.12. The maximum Gasteiger partial charge on any atom is 0.203 e. The molecule has 1 atom stereocenters. The number of fused-ring (bicyclic) bond motifs is 1. The van der Waals surface area contributed by atoms with Crippen molar-refractivity contribution in [2.45, 2.75) is 26.9 Å². The van der Waals surface area contributed by atoms with Crippen molar-refractivity contribution in [1.29, 1.82) is 0 Å². The van der Waals surface area contributed by atoms with E-state index in [2.05, 4.69) is 20.5 Å². The lowest BCUT2D eigenvalue weighted by Gasteiger charge is -2.26. The van der Waals surface area contributed by atoms with Crippen molar-refractivity contribution >= 4 is 11.5 Å². The minimum absolute atomic E-state index is 0.161. The highest BCUT2D eigenvalue weighted by Gasteiger charge is 2.22. The molecule has 0 saturated heterocycles. The lowest BCUT2D eigenvalue weighted by Crippen LogP contribution is -2.33. The van der Waals surface area contributed by atoms with Crippen LogP contribution in [-0.2, 0) is 0 Å². The summed E-state index contributed by atoms with van der Waals surface area (Å²) in [4.78, 5) is 4.19. The lowest BCUT2D eigenvalue weighted by molar-refractivity contribution is 0.0745. The molecule has 2 heterocycles. The molecular formula is C11H17N5O. The molecule has 0 unspecified atom stereocenters. The summed E-state index contributed by atoms with van der Waals surface area (Å²) < 4.78 is 1.78. The number of aromatic nitrogens is 4. The second-order valence-electron chi connectivity index (χ2n) is 5.10. The average Bonchev–Trinajstić information content (AvgIpc) is 2.72. The molecule has 0 aromatic carbocycles. The zero-order valence-corrected chi connectivity index (χ0v) is 10.3. The first-order valence-electron chi connectivity index (χ1n) is 5.55. The van der Waals surface area contributed by atoms with Gasteiger partial charge in [-0.05, 0) is 5.41 Å². The Kier molecular flexibility index (Phi) is 2.97. The smallest absolute Gasteiger partial charge is 0.203 e. The molecule has 17 heavy (non-hydrogen) atoms. The molecule has 0 aliphatic rings. The fourth-order valence-corrected chi connectivity index (χ4v) is 1.38. The third-order valence-electron chi connectivity index (χ3n) is 2.68. The highest BCUT2D eigenvalue weighted by atomic mass is 16.3. The van der Waals surface area contributed by atoms with Gasteiger partial charge < -0.3 is 10.4 Å². The lowest BCUT2D eigenvalue weighted by atomic mass is 9.89. The van der Waals surface area contributed by atoms with Crippen LogP contribution in [0.2, 0.25) is 0 Å². The van der Waals surface area contributed by atoms with Crippen LogP contribution in [0.15, 0.2) is 18.7 Å². The topological polar surface area (TPSA) is 75.3 Å². The van der Waals surface area contributed by atoms with Gasteiger partial charge >= 0.3 is 0 Å². The van der Waals surface area contributed by atoms with Crippen LogP contribution >= 0.6 is 0 Å². The van der Waals surface area contributed by atoms with E-state index in [0.717, 1.165) is 0 Å². The van der Waals surface area contributed by atoms with E-state index in [1.165, 1.54) is 0 Å². The molecule has 0 aliphatic heterocycles. The van der Waals surface area contributed by atoms with Crippen LogP contribution in [0.3, 0.4) is 0 Å². The number of aliphatic hydroxyl groups is 1. The zero-order valence-electron chi connectivity index (χ0n) is 10.3. The van der Waals surface area contributed by atoms with Gasteiger partial charge in [-0.25, -0.2) is 4.98 Å². The highest BCUT2D eigenvalue weighted by Crippen LogP contribution is 2.19. The van der Waals surface area contributed by atoms with Crippen LogP contribution in [-0.4, -0.2) is 37.3 Å². The summed E-state index contributed by atoms with van der Waals surface area (Å²) in [5.41, 5.74) is 0.500. The first-order chi connectivity index (χ1) is 7.98. The van der Waals surface area contributed by atoms with Crippen molar-refractivity contribution in [1.82, 2.24) is 19.6 Å². The van der Waals surface area contributed by atoms with Gasteiger partial charge in [0.2, 0.25) is 5.65 Å². The van der Waals surface area contributed by atoms with Crippen LogP contribution in [0.4, 0.5) is 5.82 Å². The maximum absolute atomic E-state index is 9.94. The summed E-state index contributed by atoms with van der Waals surface area (Å²) in [6.07, 6.45) is 4.61. The molecule has 2 aromatic rings. The summed E-state index contributed by atoms with van der Waals surface area (Å²) in [7, 11) is 0. The number of anilines is 1. The molecule has 0 aliphatic carbocycles. The van der Waals surface area contributed by atoms with Crippen LogP contribution in [0, 0.1) is 5.41 Å². The highest BCUT2D eigenvalue weighted by molar-refractivity contribution is 5.61. The third kappa shape index (κ3) is 2.52. The van der Waals surface area contributed by atoms with Gasteiger partial charge in [-0.15, -0.1) is 10.2 Å². The molecular weight excluding hydrogens is 218 g/mol. The first kappa shape index (κ1) is 11.8. The van der Waals surface area contributed by atoms with Crippen molar-refractivity contribution in [2.75, 3.05) is 11.9 Å². The largest absolute Gasteiger partial charge is 0.391 e. The number of hydrogen-bond donors (Lipinski definition) is 2. The summed E-state index contributed by atoms with van der Waals surface area (Å²) in [5, 5.41) is 20.8. The maximum atomic E-state index is 9.94. The number of hydrogen-bond acceptors (Lipinski definition) is 5. The molecule has 6 heteroatoms. The molecule has 2 rings (SSSR count). The number of nitrogens with one attached hydrogen (secondary N) is 1. The van der Waals surface area contributed by atoms with Gasteiger partial charge in [-0.1, -0.05) is 20.8 Å². The fraction of sp³-hybridized carbons (Fsp3) is 0.545. The monoisotopic (exact) mass is 235 g/mol. The van der Waals surface area contributed by atoms with E-state index in [0.29, 0.717) is 18.0 Å². The zero-order chi connectivity index (χ0) is 12.5. The molecule has 0 radical (unpaired) electrons. The van der Waals surface area contributed by atoms with E-state index in [9.17, 15) is 5.11 Å². The minimum atomic E-state index is -0.451. The quantitative estimate of drug-likeness (QED) is 0.828. The van der Waals surface area contributed by atoms with Crippen LogP contribution in [0.25, 0.3) is 5.65 Å². The average molecular weight is 235 g/mol. The molecule has 0 fully saturated rings. The predicted octanol–water partition coefficient (Wildman–Crippen LogP) is 0.943. The molecule has 0 amide bonds. The van der Waals surface area contributed by atoms with Crippen LogP contribution in [0.5, 0.6) is 0 Å². The van der Waals surface area contributed by atoms with Crippen LogP contribution < -0.4 is 5.32 Å². The van der Waals surface area contributed by atoms with Crippen molar-refractivity contribution < 1.29 is 5.11 Å².